The number of nitrogens with one attached hydrogen (secondary N) is 1. The van der Waals surface area contributed by atoms with Crippen LogP contribution >= 0.6 is 0 Å². The number of rotatable bonds is 6. The number of aryl methyl sites for hydroxylation is 2. The topological polar surface area (TPSA) is 122 Å². The van der Waals surface area contributed by atoms with E-state index in [-0.39, 0.29) is 5.56 Å². The molecule has 8 nitrogen and oxygen atoms in total. The number of hydrogen-bond acceptors (Lipinski definition) is 6. The number of benzene rings is 3. The minimum Gasteiger partial charge on any atom is -0.545 e. The third-order valence-electron chi connectivity index (χ3n) is 4.48. The maximum absolute atomic E-state index is 12.6. The zero-order valence-corrected chi connectivity index (χ0v) is 16.2. The van der Waals surface area contributed by atoms with Gasteiger partial charge in [-0.2, -0.15) is 0 Å². The number of carboxylic acid groups (broad SMARTS) is 1. The fourth-order valence-corrected chi connectivity index (χ4v) is 2.76. The van der Waals surface area contributed by atoms with Gasteiger partial charge in [-0.25, -0.2) is 0 Å². The molecule has 0 saturated heterocycles. The zero-order chi connectivity index (χ0) is 21.8. The van der Waals surface area contributed by atoms with E-state index in [0.29, 0.717) is 17.2 Å². The quantitative estimate of drug-likeness (QED) is 0.494. The van der Waals surface area contributed by atoms with Gasteiger partial charge in [0.05, 0.1) is 16.5 Å². The fourth-order valence-electron chi connectivity index (χ4n) is 2.76. The Morgan fingerprint density at radius 2 is 1.63 bits per heavy atom. The van der Waals surface area contributed by atoms with E-state index in [4.69, 9.17) is 4.74 Å². The molecule has 0 radical (unpaired) electrons. The molecule has 3 aromatic carbocycles. The van der Waals surface area contributed by atoms with E-state index in [2.05, 4.69) is 5.32 Å². The van der Waals surface area contributed by atoms with Gasteiger partial charge < -0.3 is 20.0 Å². The number of nitro groups is 1. The zero-order valence-electron chi connectivity index (χ0n) is 16.2. The number of hydrogen-bond donors (Lipinski definition) is 1. The van der Waals surface area contributed by atoms with Crippen LogP contribution in [0.15, 0.2) is 60.7 Å². The fraction of sp³-hybridized carbons (Fsp3) is 0.0909. The lowest BCUT2D eigenvalue weighted by atomic mass is 10.1. The lowest BCUT2D eigenvalue weighted by Crippen LogP contribution is -2.26. The van der Waals surface area contributed by atoms with Crippen molar-refractivity contribution >= 4 is 23.3 Å². The van der Waals surface area contributed by atoms with Crippen molar-refractivity contribution in [2.75, 3.05) is 5.32 Å². The average Bonchev–Trinajstić information content (AvgIpc) is 2.70. The number of non-ortho nitro benzene ring substituents is 1. The van der Waals surface area contributed by atoms with Crippen LogP contribution in [0, 0.1) is 24.0 Å². The number of ether oxygens (including phenoxy) is 1. The second-order valence-electron chi connectivity index (χ2n) is 6.60. The molecule has 0 aliphatic carbocycles. The average molecular weight is 405 g/mol. The Balaban J connectivity index is 1.84. The summed E-state index contributed by atoms with van der Waals surface area (Å²) in [6.07, 6.45) is 0. The lowest BCUT2D eigenvalue weighted by Gasteiger charge is -2.12. The molecule has 0 fully saturated rings. The molecule has 8 heteroatoms. The van der Waals surface area contributed by atoms with Crippen molar-refractivity contribution in [3.05, 3.63) is 93.0 Å². The Hall–Kier alpha value is -4.20. The highest BCUT2D eigenvalue weighted by atomic mass is 16.6. The van der Waals surface area contributed by atoms with Crippen LogP contribution in [0.3, 0.4) is 0 Å². The van der Waals surface area contributed by atoms with Gasteiger partial charge in [-0.15, -0.1) is 0 Å². The van der Waals surface area contributed by atoms with Crippen LogP contribution in [0.25, 0.3) is 0 Å². The van der Waals surface area contributed by atoms with Crippen LogP contribution in [0.4, 0.5) is 11.4 Å². The third kappa shape index (κ3) is 4.61. The molecule has 0 bridgehead atoms. The highest BCUT2D eigenvalue weighted by Gasteiger charge is 2.18. The van der Waals surface area contributed by atoms with E-state index in [9.17, 15) is 24.8 Å². The SMILES string of the molecule is Cc1ccc(Oc2cccc(NC(=O)c3cc([N+](=O)[O-])ccc3C(=O)[O-])c2)cc1C. The molecular formula is C22H17N2O6-. The largest absolute Gasteiger partial charge is 0.545 e. The molecule has 0 spiro atoms. The van der Waals surface area contributed by atoms with E-state index < -0.39 is 28.1 Å². The first-order valence-electron chi connectivity index (χ1n) is 8.91. The Bertz CT molecular complexity index is 1160. The van der Waals surface area contributed by atoms with Gasteiger partial charge >= 0.3 is 0 Å². The minimum absolute atomic E-state index is 0.331. The number of nitro benzene ring substituents is 1. The number of aromatic carboxylic acids is 1. The smallest absolute Gasteiger partial charge is 0.270 e. The van der Waals surface area contributed by atoms with E-state index in [1.807, 2.05) is 32.0 Å². The predicted octanol–water partition coefficient (Wildman–Crippen LogP) is 3.62. The Kier molecular flexibility index (Phi) is 5.78. The van der Waals surface area contributed by atoms with Crippen molar-refractivity contribution in [3.8, 4) is 11.5 Å². The second kappa shape index (κ2) is 8.44. The summed E-state index contributed by atoms with van der Waals surface area (Å²) in [5.41, 5.74) is 1.31. The molecule has 0 aliphatic rings. The van der Waals surface area contributed by atoms with Crippen LogP contribution in [-0.2, 0) is 0 Å². The van der Waals surface area contributed by atoms with E-state index in [1.54, 1.807) is 24.3 Å². The molecule has 3 aromatic rings. The first-order valence-corrected chi connectivity index (χ1v) is 8.91. The molecule has 152 valence electrons. The number of anilines is 1. The maximum atomic E-state index is 12.6. The lowest BCUT2D eigenvalue weighted by molar-refractivity contribution is -0.384. The predicted molar refractivity (Wildman–Crippen MR) is 108 cm³/mol. The molecule has 1 N–H and O–H groups in total. The standard InChI is InChI=1S/C22H18N2O6/c1-13-6-8-18(10-14(13)2)30-17-5-3-4-15(11-17)23-21(25)20-12-16(24(28)29)7-9-19(20)22(26)27/h3-12H,1-2H3,(H,23,25)(H,26,27)/p-1. The third-order valence-corrected chi connectivity index (χ3v) is 4.48. The summed E-state index contributed by atoms with van der Waals surface area (Å²) in [5.74, 6) is -1.35. The first-order chi connectivity index (χ1) is 14.2. The number of carboxylic acids is 1. The van der Waals surface area contributed by atoms with Crippen LogP contribution < -0.4 is 15.2 Å². The van der Waals surface area contributed by atoms with Gasteiger partial charge in [0.25, 0.3) is 11.6 Å². The van der Waals surface area contributed by atoms with Gasteiger partial charge in [-0.3, -0.25) is 14.9 Å². The summed E-state index contributed by atoms with van der Waals surface area (Å²) in [7, 11) is 0. The van der Waals surface area contributed by atoms with Crippen molar-refractivity contribution in [2.45, 2.75) is 13.8 Å². The van der Waals surface area contributed by atoms with Crippen LogP contribution in [-0.4, -0.2) is 16.8 Å². The van der Waals surface area contributed by atoms with E-state index >= 15 is 0 Å². The molecule has 0 atom stereocenters. The summed E-state index contributed by atoms with van der Waals surface area (Å²) >= 11 is 0. The van der Waals surface area contributed by atoms with Gasteiger partial charge in [0.1, 0.15) is 11.5 Å². The van der Waals surface area contributed by atoms with E-state index in [0.717, 1.165) is 29.3 Å². The van der Waals surface area contributed by atoms with Gasteiger partial charge in [-0.1, -0.05) is 12.1 Å². The summed E-state index contributed by atoms with van der Waals surface area (Å²) in [6, 6.07) is 15.0. The highest BCUT2D eigenvalue weighted by Crippen LogP contribution is 2.26. The van der Waals surface area contributed by atoms with Crippen LogP contribution in [0.1, 0.15) is 31.8 Å². The molecular weight excluding hydrogens is 388 g/mol. The van der Waals surface area contributed by atoms with Gasteiger partial charge in [0.2, 0.25) is 0 Å². The second-order valence-corrected chi connectivity index (χ2v) is 6.60. The van der Waals surface area contributed by atoms with Gasteiger partial charge in [0.15, 0.2) is 0 Å². The minimum atomic E-state index is -1.61. The molecule has 1 amide bonds. The number of carbonyl (C=O) groups is 2. The Morgan fingerprint density at radius 1 is 0.900 bits per heavy atom. The Labute approximate surface area is 171 Å². The molecule has 0 heterocycles. The monoisotopic (exact) mass is 405 g/mol. The first kappa shape index (κ1) is 20.5. The van der Waals surface area contributed by atoms with Gasteiger partial charge in [-0.05, 0) is 55.3 Å². The normalized spacial score (nSPS) is 10.3. The molecule has 30 heavy (non-hydrogen) atoms. The van der Waals surface area contributed by atoms with Crippen LogP contribution in [0.2, 0.25) is 0 Å². The molecule has 0 saturated carbocycles. The highest BCUT2D eigenvalue weighted by molar-refractivity contribution is 6.10. The molecule has 3 rings (SSSR count). The number of carbonyl (C=O) groups excluding carboxylic acids is 2. The summed E-state index contributed by atoms with van der Waals surface area (Å²) in [6.45, 7) is 3.96. The molecule has 0 unspecified atom stereocenters. The van der Waals surface area contributed by atoms with Crippen molar-refractivity contribution in [3.63, 3.8) is 0 Å². The summed E-state index contributed by atoms with van der Waals surface area (Å²) < 4.78 is 5.81. The maximum Gasteiger partial charge on any atom is 0.270 e. The molecule has 0 aromatic heterocycles. The number of nitrogens with zero attached hydrogens (tertiary/aromatic N) is 1. The van der Waals surface area contributed by atoms with Crippen molar-refractivity contribution in [1.29, 1.82) is 0 Å². The van der Waals surface area contributed by atoms with Crippen LogP contribution in [0.5, 0.6) is 11.5 Å². The Morgan fingerprint density at radius 3 is 2.30 bits per heavy atom. The summed E-state index contributed by atoms with van der Waals surface area (Å²) in [5, 5.41) is 24.8. The van der Waals surface area contributed by atoms with E-state index in [1.165, 1.54) is 0 Å². The number of amides is 1. The van der Waals surface area contributed by atoms with Crippen molar-refractivity contribution in [1.82, 2.24) is 0 Å². The van der Waals surface area contributed by atoms with Gasteiger partial charge in [0, 0.05) is 29.4 Å². The summed E-state index contributed by atoms with van der Waals surface area (Å²) in [4.78, 5) is 34.1. The van der Waals surface area contributed by atoms with Crippen molar-refractivity contribution < 1.29 is 24.4 Å². The van der Waals surface area contributed by atoms with Crippen molar-refractivity contribution in [2.24, 2.45) is 0 Å². The molecule has 0 aliphatic heterocycles.